The molecule has 2 rings (SSSR count). The lowest BCUT2D eigenvalue weighted by Gasteiger charge is -2.08. The summed E-state index contributed by atoms with van der Waals surface area (Å²) in [7, 11) is 0. The number of carboxylic acid groups (broad SMARTS) is 1. The van der Waals surface area contributed by atoms with Crippen LogP contribution in [0.4, 0.5) is 5.69 Å². The van der Waals surface area contributed by atoms with Crippen LogP contribution in [0.25, 0.3) is 0 Å². The number of aryl methyl sites for hydroxylation is 1. The van der Waals surface area contributed by atoms with E-state index in [-0.39, 0.29) is 5.56 Å². The number of rotatable bonds is 5. The normalized spacial score (nSPS) is 10.2. The van der Waals surface area contributed by atoms with Crippen LogP contribution in [0.3, 0.4) is 0 Å². The highest BCUT2D eigenvalue weighted by Crippen LogP contribution is 2.13. The van der Waals surface area contributed by atoms with Gasteiger partial charge in [0.25, 0.3) is 0 Å². The van der Waals surface area contributed by atoms with Crippen LogP contribution in [0.5, 0.6) is 0 Å². The fraction of sp³-hybridized carbons (Fsp3) is 0.214. The van der Waals surface area contributed by atoms with Crippen molar-refractivity contribution in [2.75, 3.05) is 5.32 Å². The number of hydrogen-bond donors (Lipinski definition) is 2. The molecule has 0 radical (unpaired) electrons. The molecule has 1 heterocycles. The molecular formula is C14H15N3O2. The highest BCUT2D eigenvalue weighted by molar-refractivity contribution is 5.88. The Morgan fingerprint density at radius 1 is 1.42 bits per heavy atom. The minimum absolute atomic E-state index is 0.127. The lowest BCUT2D eigenvalue weighted by atomic mass is 10.1. The number of hydrogen-bond acceptors (Lipinski definition) is 4. The second kappa shape index (κ2) is 5.95. The lowest BCUT2D eigenvalue weighted by molar-refractivity contribution is 0.0694. The van der Waals surface area contributed by atoms with Gasteiger partial charge in [-0.05, 0) is 24.1 Å². The van der Waals surface area contributed by atoms with Crippen LogP contribution in [-0.2, 0) is 13.0 Å². The van der Waals surface area contributed by atoms with Gasteiger partial charge in [0.1, 0.15) is 11.9 Å². The molecule has 0 aliphatic carbocycles. The van der Waals surface area contributed by atoms with Crippen molar-refractivity contribution in [3.63, 3.8) is 0 Å². The summed E-state index contributed by atoms with van der Waals surface area (Å²) in [6.45, 7) is 2.45. The minimum Gasteiger partial charge on any atom is -0.478 e. The molecule has 0 aliphatic rings. The Morgan fingerprint density at radius 2 is 2.26 bits per heavy atom. The van der Waals surface area contributed by atoms with Gasteiger partial charge in [-0.3, -0.25) is 0 Å². The first kappa shape index (κ1) is 13.0. The quantitative estimate of drug-likeness (QED) is 0.860. The second-order valence-electron chi connectivity index (χ2n) is 4.10. The van der Waals surface area contributed by atoms with Gasteiger partial charge in [-0.1, -0.05) is 19.1 Å². The molecule has 0 saturated heterocycles. The third-order valence-corrected chi connectivity index (χ3v) is 2.82. The number of nitrogens with zero attached hydrogens (tertiary/aromatic N) is 2. The zero-order valence-electron chi connectivity index (χ0n) is 10.6. The Bertz CT molecular complexity index is 584. The number of anilines is 1. The number of aromatic nitrogens is 2. The zero-order valence-corrected chi connectivity index (χ0v) is 10.6. The number of carbonyl (C=O) groups is 1. The maximum atomic E-state index is 11.0. The first-order valence-electron chi connectivity index (χ1n) is 6.05. The molecule has 0 amide bonds. The number of benzene rings is 1. The highest BCUT2D eigenvalue weighted by Gasteiger charge is 2.10. The molecule has 0 aliphatic heterocycles. The molecule has 2 aromatic rings. The van der Waals surface area contributed by atoms with Gasteiger partial charge >= 0.3 is 5.97 Å². The van der Waals surface area contributed by atoms with Crippen LogP contribution in [0, 0.1) is 0 Å². The number of aromatic carboxylic acids is 1. The maximum absolute atomic E-state index is 11.0. The van der Waals surface area contributed by atoms with Gasteiger partial charge in [0.05, 0.1) is 12.2 Å². The smallest absolute Gasteiger partial charge is 0.339 e. The summed E-state index contributed by atoms with van der Waals surface area (Å²) in [5.74, 6) is -1.01. The Labute approximate surface area is 111 Å². The van der Waals surface area contributed by atoms with E-state index in [1.807, 2.05) is 18.2 Å². The Balaban J connectivity index is 2.12. The van der Waals surface area contributed by atoms with Gasteiger partial charge < -0.3 is 10.4 Å². The zero-order chi connectivity index (χ0) is 13.7. The van der Waals surface area contributed by atoms with Crippen molar-refractivity contribution in [1.29, 1.82) is 0 Å². The van der Waals surface area contributed by atoms with Crippen molar-refractivity contribution in [3.05, 3.63) is 53.6 Å². The summed E-state index contributed by atoms with van der Waals surface area (Å²) < 4.78 is 0. The van der Waals surface area contributed by atoms with Crippen molar-refractivity contribution in [2.45, 2.75) is 19.9 Å². The van der Waals surface area contributed by atoms with Gasteiger partial charge in [0.15, 0.2) is 0 Å². The Hall–Kier alpha value is -2.43. The average Bonchev–Trinajstić information content (AvgIpc) is 2.45. The van der Waals surface area contributed by atoms with E-state index in [9.17, 15) is 4.79 Å². The van der Waals surface area contributed by atoms with Crippen molar-refractivity contribution < 1.29 is 9.90 Å². The molecule has 0 spiro atoms. The molecule has 5 heteroatoms. The van der Waals surface area contributed by atoms with E-state index < -0.39 is 5.97 Å². The van der Waals surface area contributed by atoms with E-state index in [1.54, 1.807) is 0 Å². The molecule has 0 atom stereocenters. The van der Waals surface area contributed by atoms with Crippen molar-refractivity contribution >= 4 is 11.7 Å². The Kier molecular flexibility index (Phi) is 4.07. The third-order valence-electron chi connectivity index (χ3n) is 2.82. The summed E-state index contributed by atoms with van der Waals surface area (Å²) >= 11 is 0. The van der Waals surface area contributed by atoms with Crippen LogP contribution in [-0.4, -0.2) is 21.0 Å². The fourth-order valence-electron chi connectivity index (χ4n) is 1.76. The van der Waals surface area contributed by atoms with Crippen molar-refractivity contribution in [3.8, 4) is 0 Å². The molecule has 0 saturated carbocycles. The van der Waals surface area contributed by atoms with E-state index in [2.05, 4.69) is 28.3 Å². The molecule has 98 valence electrons. The molecule has 0 fully saturated rings. The molecular weight excluding hydrogens is 242 g/mol. The van der Waals surface area contributed by atoms with Crippen LogP contribution >= 0.6 is 0 Å². The van der Waals surface area contributed by atoms with Crippen LogP contribution in [0.15, 0.2) is 36.8 Å². The molecule has 1 aromatic carbocycles. The first-order chi connectivity index (χ1) is 9.20. The second-order valence-corrected chi connectivity index (χ2v) is 4.10. The van der Waals surface area contributed by atoms with Gasteiger partial charge in [0, 0.05) is 11.9 Å². The Morgan fingerprint density at radius 3 is 3.00 bits per heavy atom. The topological polar surface area (TPSA) is 75.1 Å². The van der Waals surface area contributed by atoms with Gasteiger partial charge in [-0.25, -0.2) is 14.8 Å². The first-order valence-corrected chi connectivity index (χ1v) is 6.05. The van der Waals surface area contributed by atoms with Crippen LogP contribution < -0.4 is 5.32 Å². The van der Waals surface area contributed by atoms with Crippen LogP contribution in [0.1, 0.15) is 28.5 Å². The van der Waals surface area contributed by atoms with E-state index in [0.717, 1.165) is 12.1 Å². The average molecular weight is 257 g/mol. The lowest BCUT2D eigenvalue weighted by Crippen LogP contribution is -2.10. The van der Waals surface area contributed by atoms with Gasteiger partial charge in [-0.15, -0.1) is 0 Å². The van der Waals surface area contributed by atoms with E-state index in [1.165, 1.54) is 18.1 Å². The van der Waals surface area contributed by atoms with Crippen LogP contribution in [0.2, 0.25) is 0 Å². The van der Waals surface area contributed by atoms with Crippen molar-refractivity contribution in [2.24, 2.45) is 0 Å². The number of carboxylic acids is 1. The summed E-state index contributed by atoms with van der Waals surface area (Å²) in [5.41, 5.74) is 2.78. The predicted molar refractivity (Wildman–Crippen MR) is 72.1 cm³/mol. The van der Waals surface area contributed by atoms with Gasteiger partial charge in [-0.2, -0.15) is 0 Å². The fourth-order valence-corrected chi connectivity index (χ4v) is 1.76. The molecule has 5 nitrogen and oxygen atoms in total. The summed E-state index contributed by atoms with van der Waals surface area (Å²) in [4.78, 5) is 18.8. The molecule has 1 aromatic heterocycles. The largest absolute Gasteiger partial charge is 0.478 e. The maximum Gasteiger partial charge on any atom is 0.339 e. The predicted octanol–water partition coefficient (Wildman–Crippen LogP) is 2.35. The minimum atomic E-state index is -1.01. The summed E-state index contributed by atoms with van der Waals surface area (Å²) in [5, 5.41) is 12.2. The SMILES string of the molecule is CCc1cccc(NCc2ncncc2C(=O)O)c1. The van der Waals surface area contributed by atoms with Gasteiger partial charge in [0.2, 0.25) is 0 Å². The standard InChI is InChI=1S/C14H15N3O2/c1-2-10-4-3-5-11(6-10)16-8-13-12(14(18)19)7-15-9-17-13/h3-7,9,16H,2,8H2,1H3,(H,18,19). The van der Waals surface area contributed by atoms with Crippen molar-refractivity contribution in [1.82, 2.24) is 9.97 Å². The third kappa shape index (κ3) is 3.28. The molecule has 19 heavy (non-hydrogen) atoms. The summed E-state index contributed by atoms with van der Waals surface area (Å²) in [6, 6.07) is 8.01. The molecule has 0 bridgehead atoms. The highest BCUT2D eigenvalue weighted by atomic mass is 16.4. The molecule has 0 unspecified atom stereocenters. The van der Waals surface area contributed by atoms with E-state index in [0.29, 0.717) is 12.2 Å². The monoisotopic (exact) mass is 257 g/mol. The van der Waals surface area contributed by atoms with E-state index in [4.69, 9.17) is 5.11 Å². The molecule has 2 N–H and O–H groups in total. The summed E-state index contributed by atoms with van der Waals surface area (Å²) in [6.07, 6.45) is 3.63. The van der Waals surface area contributed by atoms with E-state index >= 15 is 0 Å². The number of nitrogens with one attached hydrogen (secondary N) is 1.